The minimum atomic E-state index is -0.400. The van der Waals surface area contributed by atoms with E-state index in [0.717, 1.165) is 18.5 Å². The number of nitrogens with zero attached hydrogens (tertiary/aromatic N) is 1. The van der Waals surface area contributed by atoms with Gasteiger partial charge in [0.2, 0.25) is 5.91 Å². The lowest BCUT2D eigenvalue weighted by Gasteiger charge is -2.14. The summed E-state index contributed by atoms with van der Waals surface area (Å²) in [7, 11) is 0. The van der Waals surface area contributed by atoms with E-state index >= 15 is 0 Å². The molecule has 2 atom stereocenters. The zero-order valence-corrected chi connectivity index (χ0v) is 17.7. The third kappa shape index (κ3) is 6.07. The molecule has 1 aromatic heterocycles. The summed E-state index contributed by atoms with van der Waals surface area (Å²) in [5.41, 5.74) is 1.71. The Kier molecular flexibility index (Phi) is 7.28. The molecule has 9 nitrogen and oxygen atoms in total. The first-order valence-corrected chi connectivity index (χ1v) is 10.4. The largest absolute Gasteiger partial charge is 0.507 e. The molecular formula is C22H28N4O5. The van der Waals surface area contributed by atoms with E-state index in [0.29, 0.717) is 30.5 Å². The zero-order valence-electron chi connectivity index (χ0n) is 17.7. The van der Waals surface area contributed by atoms with Gasteiger partial charge >= 0.3 is 6.09 Å². The topological polar surface area (TPSA) is 133 Å². The van der Waals surface area contributed by atoms with Gasteiger partial charge in [0.15, 0.2) is 12.1 Å². The fourth-order valence-corrected chi connectivity index (χ4v) is 3.77. The Bertz CT molecular complexity index is 940. The van der Waals surface area contributed by atoms with Crippen LogP contribution < -0.4 is 10.6 Å². The maximum atomic E-state index is 12.3. The fraction of sp³-hybridized carbons (Fsp3) is 0.455. The molecule has 0 spiro atoms. The molecule has 1 heterocycles. The summed E-state index contributed by atoms with van der Waals surface area (Å²) in [6.45, 7) is 3.76. The number of carbonyl (C=O) groups excluding carboxylic acids is 3. The quantitative estimate of drug-likeness (QED) is 0.477. The Morgan fingerprint density at radius 3 is 2.90 bits per heavy atom. The first-order valence-electron chi connectivity index (χ1n) is 10.4. The van der Waals surface area contributed by atoms with Crippen LogP contribution in [-0.2, 0) is 16.0 Å². The third-order valence-electron chi connectivity index (χ3n) is 5.28. The Morgan fingerprint density at radius 2 is 2.16 bits per heavy atom. The van der Waals surface area contributed by atoms with Crippen molar-refractivity contribution >= 4 is 24.1 Å². The van der Waals surface area contributed by atoms with Gasteiger partial charge in [-0.15, -0.1) is 0 Å². The van der Waals surface area contributed by atoms with Crippen molar-refractivity contribution in [2.75, 3.05) is 5.32 Å². The summed E-state index contributed by atoms with van der Waals surface area (Å²) < 4.78 is 5.45. The maximum absolute atomic E-state index is 12.3. The number of aryl methyl sites for hydroxylation is 1. The Labute approximate surface area is 180 Å². The van der Waals surface area contributed by atoms with Gasteiger partial charge in [-0.3, -0.25) is 14.7 Å². The number of alkyl carbamates (subject to hydrolysis) is 1. The molecule has 0 radical (unpaired) electrons. The molecule has 1 aliphatic rings. The fourth-order valence-electron chi connectivity index (χ4n) is 3.77. The van der Waals surface area contributed by atoms with Crippen LogP contribution in [0.5, 0.6) is 5.75 Å². The molecule has 1 aliphatic carbocycles. The number of amides is 2. The van der Waals surface area contributed by atoms with Gasteiger partial charge in [0.25, 0.3) is 0 Å². The monoisotopic (exact) mass is 428 g/mol. The number of rotatable bonds is 8. The van der Waals surface area contributed by atoms with Crippen molar-refractivity contribution in [2.45, 2.75) is 64.0 Å². The molecule has 0 bridgehead atoms. The molecule has 9 heteroatoms. The number of carbonyl (C=O) groups is 3. The predicted octanol–water partition coefficient (Wildman–Crippen LogP) is 3.27. The molecule has 0 saturated heterocycles. The van der Waals surface area contributed by atoms with Crippen molar-refractivity contribution in [1.82, 2.24) is 15.5 Å². The Balaban J connectivity index is 1.49. The number of ether oxygens (including phenoxy) is 1. The number of anilines is 1. The Morgan fingerprint density at radius 1 is 1.35 bits per heavy atom. The second kappa shape index (κ2) is 10.1. The van der Waals surface area contributed by atoms with Gasteiger partial charge in [0, 0.05) is 30.1 Å². The number of nitrogens with one attached hydrogen (secondary N) is 3. The van der Waals surface area contributed by atoms with E-state index in [1.54, 1.807) is 18.2 Å². The van der Waals surface area contributed by atoms with Crippen molar-refractivity contribution in [3.05, 3.63) is 41.1 Å². The van der Waals surface area contributed by atoms with Crippen LogP contribution in [0.4, 0.5) is 10.6 Å². The molecule has 0 aliphatic heterocycles. The van der Waals surface area contributed by atoms with E-state index in [2.05, 4.69) is 20.8 Å². The number of hydrogen-bond acceptors (Lipinski definition) is 6. The van der Waals surface area contributed by atoms with Gasteiger partial charge in [0.05, 0.1) is 5.56 Å². The number of phenols is 1. The normalized spacial score (nSPS) is 18.0. The summed E-state index contributed by atoms with van der Waals surface area (Å²) >= 11 is 0. The maximum Gasteiger partial charge on any atom is 0.407 e. The minimum Gasteiger partial charge on any atom is -0.507 e. The zero-order chi connectivity index (χ0) is 22.4. The highest BCUT2D eigenvalue weighted by atomic mass is 16.6. The highest BCUT2D eigenvalue weighted by Crippen LogP contribution is 2.35. The van der Waals surface area contributed by atoms with Crippen molar-refractivity contribution < 1.29 is 24.2 Å². The molecule has 1 aromatic carbocycles. The third-order valence-corrected chi connectivity index (χ3v) is 5.28. The standard InChI is InChI=1S/C22H28N4O5/c1-13(2)23-22(30)31-16-8-6-15(10-16)18-11-20(26-25-18)24-21(29)9-7-14-4-3-5-19(28)17(14)12-27/h3-5,11-13,15-16,28H,6-10H2,1-2H3,(H,23,30)(H2,24,25,26,29)/t15-,16?/m0/s1. The van der Waals surface area contributed by atoms with E-state index < -0.39 is 6.09 Å². The average Bonchev–Trinajstić information content (AvgIpc) is 3.35. The van der Waals surface area contributed by atoms with E-state index in [1.165, 1.54) is 6.07 Å². The number of aldehydes is 1. The lowest BCUT2D eigenvalue weighted by atomic mass is 10.0. The summed E-state index contributed by atoms with van der Waals surface area (Å²) in [6, 6.07) is 6.61. The number of aromatic nitrogens is 2. The number of aromatic hydroxyl groups is 1. The van der Waals surface area contributed by atoms with Gasteiger partial charge in [-0.05, 0) is 51.2 Å². The molecule has 1 unspecified atom stereocenters. The van der Waals surface area contributed by atoms with Crippen LogP contribution in [0.2, 0.25) is 0 Å². The highest BCUT2D eigenvalue weighted by Gasteiger charge is 2.30. The van der Waals surface area contributed by atoms with Crippen LogP contribution in [0.15, 0.2) is 24.3 Å². The number of hydrogen-bond donors (Lipinski definition) is 4. The van der Waals surface area contributed by atoms with Gasteiger partial charge in [-0.2, -0.15) is 5.10 Å². The van der Waals surface area contributed by atoms with Crippen LogP contribution in [0.3, 0.4) is 0 Å². The SMILES string of the molecule is CC(C)NC(=O)OC1CC[C@H](c2cc(NC(=O)CCc3cccc(O)c3C=O)n[nH]2)C1. The molecule has 166 valence electrons. The highest BCUT2D eigenvalue weighted by molar-refractivity contribution is 5.90. The molecule has 4 N–H and O–H groups in total. The van der Waals surface area contributed by atoms with Crippen molar-refractivity contribution in [3.8, 4) is 5.75 Å². The summed E-state index contributed by atoms with van der Waals surface area (Å²) in [5.74, 6) is 0.271. The summed E-state index contributed by atoms with van der Waals surface area (Å²) in [5, 5.41) is 22.3. The first-order chi connectivity index (χ1) is 14.9. The Hall–Kier alpha value is -3.36. The number of H-pyrrole nitrogens is 1. The van der Waals surface area contributed by atoms with Crippen LogP contribution in [0, 0.1) is 0 Å². The second-order valence-corrected chi connectivity index (χ2v) is 8.06. The predicted molar refractivity (Wildman–Crippen MR) is 114 cm³/mol. The summed E-state index contributed by atoms with van der Waals surface area (Å²) in [6.07, 6.45) is 2.87. The first kappa shape index (κ1) is 22.3. The van der Waals surface area contributed by atoms with Crippen LogP contribution in [0.25, 0.3) is 0 Å². The van der Waals surface area contributed by atoms with Gasteiger partial charge < -0.3 is 20.5 Å². The smallest absolute Gasteiger partial charge is 0.407 e. The van der Waals surface area contributed by atoms with Crippen LogP contribution in [0.1, 0.15) is 67.1 Å². The lowest BCUT2D eigenvalue weighted by molar-refractivity contribution is -0.116. The molecule has 31 heavy (non-hydrogen) atoms. The van der Waals surface area contributed by atoms with Crippen LogP contribution >= 0.6 is 0 Å². The molecule has 2 aromatic rings. The second-order valence-electron chi connectivity index (χ2n) is 8.06. The van der Waals surface area contributed by atoms with E-state index in [9.17, 15) is 19.5 Å². The molecular weight excluding hydrogens is 400 g/mol. The molecule has 2 amide bonds. The number of phenolic OH excluding ortho intramolecular Hbond substituents is 1. The summed E-state index contributed by atoms with van der Waals surface area (Å²) in [4.78, 5) is 35.2. The van der Waals surface area contributed by atoms with Gasteiger partial charge in [0.1, 0.15) is 11.9 Å². The molecule has 1 saturated carbocycles. The number of benzene rings is 1. The molecule has 1 fully saturated rings. The van der Waals surface area contributed by atoms with E-state index in [-0.39, 0.29) is 41.7 Å². The molecule has 3 rings (SSSR count). The van der Waals surface area contributed by atoms with Crippen molar-refractivity contribution in [3.63, 3.8) is 0 Å². The average molecular weight is 428 g/mol. The van der Waals surface area contributed by atoms with Crippen molar-refractivity contribution in [1.29, 1.82) is 0 Å². The van der Waals surface area contributed by atoms with Gasteiger partial charge in [-0.1, -0.05) is 12.1 Å². The minimum absolute atomic E-state index is 0.0288. The lowest BCUT2D eigenvalue weighted by Crippen LogP contribution is -2.33. The number of aromatic amines is 1. The van der Waals surface area contributed by atoms with Crippen molar-refractivity contribution in [2.24, 2.45) is 0 Å². The van der Waals surface area contributed by atoms with E-state index in [1.807, 2.05) is 13.8 Å². The van der Waals surface area contributed by atoms with Gasteiger partial charge in [-0.25, -0.2) is 4.79 Å². The van der Waals surface area contributed by atoms with E-state index in [4.69, 9.17) is 4.74 Å². The van der Waals surface area contributed by atoms with Crippen LogP contribution in [-0.4, -0.2) is 45.7 Å².